The minimum Gasteiger partial charge on any atom is -0.384 e. The van der Waals surface area contributed by atoms with Crippen molar-refractivity contribution < 1.29 is 13.2 Å². The molecule has 1 aromatic rings. The third-order valence-electron chi connectivity index (χ3n) is 3.62. The first-order valence-corrected chi connectivity index (χ1v) is 8.35. The van der Waals surface area contributed by atoms with Gasteiger partial charge in [0.25, 0.3) is 0 Å². The van der Waals surface area contributed by atoms with Gasteiger partial charge < -0.3 is 10.1 Å². The summed E-state index contributed by atoms with van der Waals surface area (Å²) >= 11 is 0. The van der Waals surface area contributed by atoms with E-state index in [1.807, 2.05) is 38.1 Å². The van der Waals surface area contributed by atoms with E-state index in [4.69, 9.17) is 4.74 Å². The van der Waals surface area contributed by atoms with E-state index in [1.165, 1.54) is 0 Å². The molecule has 1 N–H and O–H groups in total. The molecule has 0 aromatic heterocycles. The molecule has 0 radical (unpaired) electrons. The number of nitrogens with one attached hydrogen (secondary N) is 1. The van der Waals surface area contributed by atoms with Gasteiger partial charge in [0, 0.05) is 18.8 Å². The second-order valence-electron chi connectivity index (χ2n) is 5.01. The molecular weight excluding hydrogens is 262 g/mol. The molecule has 0 amide bonds. The minimum absolute atomic E-state index is 0.152. The van der Waals surface area contributed by atoms with Gasteiger partial charge in [-0.1, -0.05) is 18.2 Å². The Morgan fingerprint density at radius 1 is 1.37 bits per heavy atom. The molecule has 0 bridgehead atoms. The Kier molecular flexibility index (Phi) is 4.47. The highest BCUT2D eigenvalue weighted by molar-refractivity contribution is 7.92. The van der Waals surface area contributed by atoms with Crippen LogP contribution in [0.1, 0.15) is 18.9 Å². The smallest absolute Gasteiger partial charge is 0.157 e. The van der Waals surface area contributed by atoms with Crippen LogP contribution in [0.5, 0.6) is 0 Å². The maximum absolute atomic E-state index is 12.2. The van der Waals surface area contributed by atoms with E-state index < -0.39 is 9.84 Å². The average molecular weight is 283 g/mol. The number of rotatable bonds is 5. The standard InChI is InChI=1S/C14H21NO3S/c1-11-5-3-4-6-13(11)15-8-10-19(16,17)14-7-9-18-12(14)2/h3-6,12,14-15H,7-10H2,1-2H3. The van der Waals surface area contributed by atoms with Gasteiger partial charge in [-0.15, -0.1) is 0 Å². The molecule has 4 nitrogen and oxygen atoms in total. The zero-order valence-electron chi connectivity index (χ0n) is 11.4. The predicted octanol–water partition coefficient (Wildman–Crippen LogP) is 2.00. The molecule has 1 heterocycles. The van der Waals surface area contributed by atoms with E-state index in [1.54, 1.807) is 0 Å². The molecule has 5 heteroatoms. The van der Waals surface area contributed by atoms with E-state index in [9.17, 15) is 8.42 Å². The van der Waals surface area contributed by atoms with Crippen molar-refractivity contribution in [2.45, 2.75) is 31.6 Å². The van der Waals surface area contributed by atoms with Crippen molar-refractivity contribution in [1.82, 2.24) is 0 Å². The Morgan fingerprint density at radius 3 is 2.74 bits per heavy atom. The second-order valence-corrected chi connectivity index (χ2v) is 7.35. The molecule has 0 aliphatic carbocycles. The van der Waals surface area contributed by atoms with Crippen molar-refractivity contribution >= 4 is 15.5 Å². The fourth-order valence-electron chi connectivity index (χ4n) is 2.43. The van der Waals surface area contributed by atoms with Crippen molar-refractivity contribution in [1.29, 1.82) is 0 Å². The summed E-state index contributed by atoms with van der Waals surface area (Å²) < 4.78 is 29.7. The van der Waals surface area contributed by atoms with Gasteiger partial charge in [0.15, 0.2) is 9.84 Å². The van der Waals surface area contributed by atoms with Gasteiger partial charge in [-0.05, 0) is 31.9 Å². The van der Waals surface area contributed by atoms with E-state index in [2.05, 4.69) is 5.32 Å². The first kappa shape index (κ1) is 14.3. The third kappa shape index (κ3) is 3.48. The van der Waals surface area contributed by atoms with Gasteiger partial charge in [-0.3, -0.25) is 0 Å². The molecule has 106 valence electrons. The molecule has 2 rings (SSSR count). The molecular formula is C14H21NO3S. The number of aryl methyl sites for hydroxylation is 1. The lowest BCUT2D eigenvalue weighted by Gasteiger charge is -2.16. The molecule has 0 saturated carbocycles. The highest BCUT2D eigenvalue weighted by Crippen LogP contribution is 2.21. The number of hydrogen-bond donors (Lipinski definition) is 1. The summed E-state index contributed by atoms with van der Waals surface area (Å²) in [6.07, 6.45) is 0.442. The summed E-state index contributed by atoms with van der Waals surface area (Å²) in [4.78, 5) is 0. The normalized spacial score (nSPS) is 23.5. The predicted molar refractivity (Wildman–Crippen MR) is 77.3 cm³/mol. The molecule has 1 saturated heterocycles. The van der Waals surface area contributed by atoms with Crippen LogP contribution in [0.15, 0.2) is 24.3 Å². The summed E-state index contributed by atoms with van der Waals surface area (Å²) in [5.41, 5.74) is 2.12. The van der Waals surface area contributed by atoms with Gasteiger partial charge >= 0.3 is 0 Å². The number of sulfone groups is 1. The van der Waals surface area contributed by atoms with Crippen LogP contribution in [0.25, 0.3) is 0 Å². The Hall–Kier alpha value is -1.07. The maximum atomic E-state index is 12.2. The van der Waals surface area contributed by atoms with Crippen LogP contribution in [0.2, 0.25) is 0 Å². The van der Waals surface area contributed by atoms with Crippen LogP contribution in [-0.2, 0) is 14.6 Å². The van der Waals surface area contributed by atoms with Crippen molar-refractivity contribution in [3.05, 3.63) is 29.8 Å². The van der Waals surface area contributed by atoms with Gasteiger partial charge in [0.2, 0.25) is 0 Å². The van der Waals surface area contributed by atoms with E-state index in [0.717, 1.165) is 11.3 Å². The molecule has 0 spiro atoms. The summed E-state index contributed by atoms with van der Waals surface area (Å²) in [7, 11) is -3.08. The largest absolute Gasteiger partial charge is 0.384 e. The Morgan fingerprint density at radius 2 is 2.11 bits per heavy atom. The Bertz CT molecular complexity index is 527. The Labute approximate surface area is 115 Å². The zero-order valence-corrected chi connectivity index (χ0v) is 12.2. The van der Waals surface area contributed by atoms with Gasteiger partial charge in [0.05, 0.1) is 17.1 Å². The third-order valence-corrected chi connectivity index (χ3v) is 5.93. The molecule has 1 aromatic carbocycles. The van der Waals surface area contributed by atoms with Crippen molar-refractivity contribution in [3.63, 3.8) is 0 Å². The van der Waals surface area contributed by atoms with Gasteiger partial charge in [-0.25, -0.2) is 8.42 Å². The molecule has 1 aliphatic heterocycles. The lowest BCUT2D eigenvalue weighted by Crippen LogP contribution is -2.32. The molecule has 19 heavy (non-hydrogen) atoms. The minimum atomic E-state index is -3.08. The number of hydrogen-bond acceptors (Lipinski definition) is 4. The average Bonchev–Trinajstić information content (AvgIpc) is 2.79. The number of para-hydroxylation sites is 1. The quantitative estimate of drug-likeness (QED) is 0.898. The molecule has 2 atom stereocenters. The maximum Gasteiger partial charge on any atom is 0.157 e. The van der Waals surface area contributed by atoms with Crippen molar-refractivity contribution in [2.75, 3.05) is 24.2 Å². The van der Waals surface area contributed by atoms with E-state index >= 15 is 0 Å². The first-order chi connectivity index (χ1) is 9.00. The van der Waals surface area contributed by atoms with Crippen molar-refractivity contribution in [3.8, 4) is 0 Å². The number of anilines is 1. The SMILES string of the molecule is Cc1ccccc1NCCS(=O)(=O)C1CCOC1C. The Balaban J connectivity index is 1.90. The zero-order chi connectivity index (χ0) is 13.9. The topological polar surface area (TPSA) is 55.4 Å². The van der Waals surface area contributed by atoms with Crippen LogP contribution in [0, 0.1) is 6.92 Å². The first-order valence-electron chi connectivity index (χ1n) is 6.63. The summed E-state index contributed by atoms with van der Waals surface area (Å²) in [6.45, 7) is 4.83. The lowest BCUT2D eigenvalue weighted by molar-refractivity contribution is 0.126. The lowest BCUT2D eigenvalue weighted by atomic mass is 10.2. The summed E-state index contributed by atoms with van der Waals surface area (Å²) in [5, 5.41) is 2.85. The number of ether oxygens (including phenoxy) is 1. The van der Waals surface area contributed by atoms with Crippen LogP contribution in [0.3, 0.4) is 0 Å². The van der Waals surface area contributed by atoms with Crippen LogP contribution in [0.4, 0.5) is 5.69 Å². The van der Waals surface area contributed by atoms with Gasteiger partial charge in [-0.2, -0.15) is 0 Å². The van der Waals surface area contributed by atoms with Crippen LogP contribution >= 0.6 is 0 Å². The summed E-state index contributed by atoms with van der Waals surface area (Å²) in [6, 6.07) is 7.87. The molecule has 1 aliphatic rings. The molecule has 2 unspecified atom stereocenters. The second kappa shape index (κ2) is 5.92. The van der Waals surface area contributed by atoms with Crippen LogP contribution < -0.4 is 5.32 Å². The highest BCUT2D eigenvalue weighted by Gasteiger charge is 2.35. The van der Waals surface area contributed by atoms with Crippen molar-refractivity contribution in [2.24, 2.45) is 0 Å². The fraction of sp³-hybridized carbons (Fsp3) is 0.571. The summed E-state index contributed by atoms with van der Waals surface area (Å²) in [5.74, 6) is 0.152. The van der Waals surface area contributed by atoms with E-state index in [0.29, 0.717) is 19.6 Å². The van der Waals surface area contributed by atoms with Gasteiger partial charge in [0.1, 0.15) is 0 Å². The van der Waals surface area contributed by atoms with Crippen LogP contribution in [-0.4, -0.2) is 38.7 Å². The fourth-order valence-corrected chi connectivity index (χ4v) is 4.24. The molecule has 1 fully saturated rings. The highest BCUT2D eigenvalue weighted by atomic mass is 32.2. The van der Waals surface area contributed by atoms with E-state index in [-0.39, 0.29) is 17.1 Å². The monoisotopic (exact) mass is 283 g/mol. The number of benzene rings is 1.